The summed E-state index contributed by atoms with van der Waals surface area (Å²) >= 11 is 11.7. The summed E-state index contributed by atoms with van der Waals surface area (Å²) < 4.78 is 39.2. The van der Waals surface area contributed by atoms with E-state index in [0.29, 0.717) is 0 Å². The van der Waals surface area contributed by atoms with E-state index in [9.17, 15) is 13.2 Å². The van der Waals surface area contributed by atoms with E-state index in [0.717, 1.165) is 4.68 Å². The van der Waals surface area contributed by atoms with Gasteiger partial charge in [-0.25, -0.2) is 4.68 Å². The highest BCUT2D eigenvalue weighted by Crippen LogP contribution is 2.36. The number of hydrogen-bond acceptors (Lipinski definition) is 2. The second-order valence-corrected chi connectivity index (χ2v) is 4.40. The lowest BCUT2D eigenvalue weighted by Gasteiger charge is -2.05. The van der Waals surface area contributed by atoms with Crippen LogP contribution in [-0.2, 0) is 12.8 Å². The molecule has 19 heavy (non-hydrogen) atoms. The van der Waals surface area contributed by atoms with Crippen LogP contribution in [0.5, 0.6) is 0 Å². The fraction of sp³-hybridized carbons (Fsp3) is 0.182. The fourth-order valence-electron chi connectivity index (χ4n) is 1.58. The molecule has 102 valence electrons. The SMILES string of the molecule is OCc1c(C(F)(F)F)nn(-c2ccccc2Cl)c1Cl. The summed E-state index contributed by atoms with van der Waals surface area (Å²) in [5.41, 5.74) is -1.49. The standard InChI is InChI=1S/C11H7Cl2F3N2O/c12-7-3-1-2-4-8(7)18-10(13)6(5-19)9(17-18)11(14,15)16/h1-4,19H,5H2. The second kappa shape index (κ2) is 5.03. The summed E-state index contributed by atoms with van der Waals surface area (Å²) in [5, 5.41) is 12.3. The zero-order valence-corrected chi connectivity index (χ0v) is 10.8. The number of para-hydroxylation sites is 1. The predicted octanol–water partition coefficient (Wildman–Crippen LogP) is 3.69. The van der Waals surface area contributed by atoms with Crippen LogP contribution < -0.4 is 0 Å². The molecule has 0 aliphatic rings. The minimum atomic E-state index is -4.70. The summed E-state index contributed by atoms with van der Waals surface area (Å²) in [5.74, 6) is 0. The molecular weight excluding hydrogens is 304 g/mol. The van der Waals surface area contributed by atoms with Crippen molar-refractivity contribution in [1.82, 2.24) is 9.78 Å². The van der Waals surface area contributed by atoms with E-state index in [1.807, 2.05) is 0 Å². The third kappa shape index (κ3) is 2.56. The van der Waals surface area contributed by atoms with Gasteiger partial charge >= 0.3 is 6.18 Å². The van der Waals surface area contributed by atoms with Crippen molar-refractivity contribution >= 4 is 23.2 Å². The maximum Gasteiger partial charge on any atom is 0.435 e. The first-order valence-corrected chi connectivity index (χ1v) is 5.82. The molecule has 0 unspecified atom stereocenters. The lowest BCUT2D eigenvalue weighted by atomic mass is 10.2. The van der Waals surface area contributed by atoms with Gasteiger partial charge in [0.2, 0.25) is 0 Å². The number of hydrogen-bond donors (Lipinski definition) is 1. The van der Waals surface area contributed by atoms with E-state index in [1.54, 1.807) is 12.1 Å². The Balaban J connectivity index is 2.67. The van der Waals surface area contributed by atoms with Crippen LogP contribution in [0.4, 0.5) is 13.2 Å². The number of benzene rings is 1. The Labute approximate surface area is 116 Å². The normalized spacial score (nSPS) is 11.9. The van der Waals surface area contributed by atoms with Gasteiger partial charge in [0.05, 0.1) is 17.3 Å². The van der Waals surface area contributed by atoms with Gasteiger partial charge < -0.3 is 5.11 Å². The van der Waals surface area contributed by atoms with Gasteiger partial charge in [0.15, 0.2) is 5.69 Å². The Bertz CT molecular complexity index is 610. The van der Waals surface area contributed by atoms with E-state index < -0.39 is 24.0 Å². The van der Waals surface area contributed by atoms with Crippen molar-refractivity contribution in [2.45, 2.75) is 12.8 Å². The molecule has 1 aromatic heterocycles. The topological polar surface area (TPSA) is 38.1 Å². The number of aromatic nitrogens is 2. The molecule has 0 fully saturated rings. The number of aliphatic hydroxyl groups is 1. The number of aliphatic hydroxyl groups excluding tert-OH is 1. The average Bonchev–Trinajstić information content (AvgIpc) is 2.67. The molecule has 0 aliphatic carbocycles. The Morgan fingerprint density at radius 3 is 2.32 bits per heavy atom. The Morgan fingerprint density at radius 1 is 1.21 bits per heavy atom. The number of rotatable bonds is 2. The van der Waals surface area contributed by atoms with E-state index in [-0.39, 0.29) is 15.9 Å². The van der Waals surface area contributed by atoms with Gasteiger partial charge in [-0.1, -0.05) is 35.3 Å². The van der Waals surface area contributed by atoms with Gasteiger partial charge in [0.1, 0.15) is 5.15 Å². The zero-order valence-electron chi connectivity index (χ0n) is 9.25. The fourth-order valence-corrected chi connectivity index (χ4v) is 2.07. The van der Waals surface area contributed by atoms with Gasteiger partial charge in [-0.05, 0) is 12.1 Å². The highest BCUT2D eigenvalue weighted by Gasteiger charge is 2.39. The predicted molar refractivity (Wildman–Crippen MR) is 64.5 cm³/mol. The molecule has 0 saturated heterocycles. The van der Waals surface area contributed by atoms with Crippen LogP contribution in [0.1, 0.15) is 11.3 Å². The van der Waals surface area contributed by atoms with Crippen LogP contribution in [0.3, 0.4) is 0 Å². The van der Waals surface area contributed by atoms with Crippen LogP contribution in [0.2, 0.25) is 10.2 Å². The first-order valence-electron chi connectivity index (χ1n) is 5.06. The Hall–Kier alpha value is -1.24. The molecule has 0 saturated carbocycles. The minimum absolute atomic E-state index is 0.199. The van der Waals surface area contributed by atoms with Crippen molar-refractivity contribution in [1.29, 1.82) is 0 Å². The number of halogens is 5. The molecule has 0 radical (unpaired) electrons. The quantitative estimate of drug-likeness (QED) is 0.918. The van der Waals surface area contributed by atoms with E-state index in [4.69, 9.17) is 28.3 Å². The molecule has 0 aliphatic heterocycles. The van der Waals surface area contributed by atoms with E-state index in [2.05, 4.69) is 5.10 Å². The largest absolute Gasteiger partial charge is 0.435 e. The molecule has 1 N–H and O–H groups in total. The molecule has 2 aromatic rings. The van der Waals surface area contributed by atoms with Gasteiger partial charge in [0, 0.05) is 5.56 Å². The molecular formula is C11H7Cl2F3N2O. The van der Waals surface area contributed by atoms with Gasteiger partial charge in [-0.3, -0.25) is 0 Å². The van der Waals surface area contributed by atoms with Crippen molar-refractivity contribution in [2.75, 3.05) is 0 Å². The maximum absolute atomic E-state index is 12.8. The zero-order chi connectivity index (χ0) is 14.2. The smallest absolute Gasteiger partial charge is 0.391 e. The number of alkyl halides is 3. The first kappa shape index (κ1) is 14.2. The minimum Gasteiger partial charge on any atom is -0.391 e. The molecule has 0 bridgehead atoms. The lowest BCUT2D eigenvalue weighted by molar-refractivity contribution is -0.142. The Morgan fingerprint density at radius 2 is 1.84 bits per heavy atom. The Kier molecular flexibility index (Phi) is 3.75. The van der Waals surface area contributed by atoms with Crippen LogP contribution in [0.15, 0.2) is 24.3 Å². The third-order valence-corrected chi connectivity index (χ3v) is 3.14. The van der Waals surface area contributed by atoms with Crippen LogP contribution >= 0.6 is 23.2 Å². The molecule has 0 spiro atoms. The molecule has 2 rings (SSSR count). The molecule has 0 atom stereocenters. The molecule has 1 aromatic carbocycles. The average molecular weight is 311 g/mol. The highest BCUT2D eigenvalue weighted by atomic mass is 35.5. The molecule has 0 amide bonds. The monoisotopic (exact) mass is 310 g/mol. The van der Waals surface area contributed by atoms with Crippen LogP contribution in [0, 0.1) is 0 Å². The van der Waals surface area contributed by atoms with Crippen molar-refractivity contribution < 1.29 is 18.3 Å². The third-order valence-electron chi connectivity index (χ3n) is 2.43. The van der Waals surface area contributed by atoms with Crippen molar-refractivity contribution in [3.05, 3.63) is 45.7 Å². The molecule has 1 heterocycles. The van der Waals surface area contributed by atoms with E-state index in [1.165, 1.54) is 12.1 Å². The van der Waals surface area contributed by atoms with Gasteiger partial charge in [-0.2, -0.15) is 18.3 Å². The van der Waals surface area contributed by atoms with Crippen molar-refractivity contribution in [2.24, 2.45) is 0 Å². The van der Waals surface area contributed by atoms with Crippen molar-refractivity contribution in [3.8, 4) is 5.69 Å². The summed E-state index contributed by atoms with van der Waals surface area (Å²) in [7, 11) is 0. The molecule has 8 heteroatoms. The molecule has 3 nitrogen and oxygen atoms in total. The summed E-state index contributed by atoms with van der Waals surface area (Å²) in [4.78, 5) is 0. The van der Waals surface area contributed by atoms with Gasteiger partial charge in [-0.15, -0.1) is 0 Å². The number of nitrogens with zero attached hydrogens (tertiary/aromatic N) is 2. The van der Waals surface area contributed by atoms with Gasteiger partial charge in [0.25, 0.3) is 0 Å². The summed E-state index contributed by atoms with van der Waals surface area (Å²) in [6, 6.07) is 6.19. The maximum atomic E-state index is 12.8. The highest BCUT2D eigenvalue weighted by molar-refractivity contribution is 6.33. The van der Waals surface area contributed by atoms with Crippen molar-refractivity contribution in [3.63, 3.8) is 0 Å². The van der Waals surface area contributed by atoms with E-state index >= 15 is 0 Å². The van der Waals surface area contributed by atoms with Crippen LogP contribution in [0.25, 0.3) is 5.69 Å². The lowest BCUT2D eigenvalue weighted by Crippen LogP contribution is -2.09. The summed E-state index contributed by atoms with van der Waals surface area (Å²) in [6.45, 7) is -0.863. The second-order valence-electron chi connectivity index (χ2n) is 3.64. The van der Waals surface area contributed by atoms with Crippen LogP contribution in [-0.4, -0.2) is 14.9 Å². The summed E-state index contributed by atoms with van der Waals surface area (Å²) in [6.07, 6.45) is -4.70. The first-order chi connectivity index (χ1) is 8.86.